The van der Waals surface area contributed by atoms with Crippen molar-refractivity contribution < 1.29 is 166 Å². The van der Waals surface area contributed by atoms with Crippen LogP contribution >= 0.6 is 39.1 Å². The summed E-state index contributed by atoms with van der Waals surface area (Å²) in [6, 6.07) is 6.84. The van der Waals surface area contributed by atoms with Crippen molar-refractivity contribution in [2.75, 3.05) is 94.4 Å². The molecule has 0 saturated carbocycles. The molecule has 0 bridgehead atoms. The molecule has 1 aromatic carbocycles. The van der Waals surface area contributed by atoms with Crippen LogP contribution in [0.15, 0.2) is 112 Å². The van der Waals surface area contributed by atoms with Crippen LogP contribution in [-0.2, 0) is 108 Å². The zero-order valence-electron chi connectivity index (χ0n) is 71.7. The van der Waals surface area contributed by atoms with Gasteiger partial charge in [-0.1, -0.05) is 12.1 Å². The number of benzene rings is 1. The molecule has 10 aromatic rings. The molecule has 6 saturated heterocycles. The highest BCUT2D eigenvalue weighted by atomic mass is 31.2. The number of rotatable bonds is 38. The van der Waals surface area contributed by atoms with Crippen LogP contribution < -0.4 is 72.0 Å². The number of ether oxygens (including phenoxy) is 7. The van der Waals surface area contributed by atoms with Gasteiger partial charge in [0.05, 0.1) is 77.8 Å². The molecule has 0 spiro atoms. The topological polar surface area (TPSA) is 929 Å². The number of phosphoric ester groups is 5. The maximum Gasteiger partial charge on any atom is 0.472 e. The van der Waals surface area contributed by atoms with Gasteiger partial charge in [-0.3, -0.25) is 87.2 Å². The summed E-state index contributed by atoms with van der Waals surface area (Å²) in [6.07, 6.45) is -39.5. The molecule has 16 rings (SSSR count). The number of phosphoric acid groups is 5. The lowest BCUT2D eigenvalue weighted by Gasteiger charge is -2.27. The van der Waals surface area contributed by atoms with E-state index in [4.69, 9.17) is 113 Å². The fourth-order valence-electron chi connectivity index (χ4n) is 15.9. The Balaban J connectivity index is 0.620. The van der Waals surface area contributed by atoms with Crippen molar-refractivity contribution in [2.24, 2.45) is 5.73 Å². The monoisotopic (exact) mass is 2060 g/mol. The van der Waals surface area contributed by atoms with Gasteiger partial charge in [-0.05, 0) is 42.3 Å². The highest BCUT2D eigenvalue weighted by Gasteiger charge is 2.58. The largest absolute Gasteiger partial charge is 0.497 e. The van der Waals surface area contributed by atoms with Gasteiger partial charge in [0.2, 0.25) is 11.9 Å². The second kappa shape index (κ2) is 40.4. The van der Waals surface area contributed by atoms with Crippen LogP contribution in [0.1, 0.15) is 42.9 Å². The van der Waals surface area contributed by atoms with Crippen molar-refractivity contribution in [3.8, 4) is 5.75 Å². The molecule has 9 aromatic heterocycles. The summed E-state index contributed by atoms with van der Waals surface area (Å²) < 4.78 is 172. The first-order chi connectivity index (χ1) is 65.8. The number of aromatic nitrogens is 18. The maximum absolute atomic E-state index is 14.6. The number of aliphatic hydroxyl groups is 7. The lowest BCUT2D eigenvalue weighted by atomic mass is 10.0. The summed E-state index contributed by atoms with van der Waals surface area (Å²) in [5.74, 6) is -1.72. The minimum absolute atomic E-state index is 0.0558. The van der Waals surface area contributed by atoms with Gasteiger partial charge >= 0.3 is 56.2 Å². The molecular formula is C69H89N26O39P5. The lowest BCUT2D eigenvalue weighted by molar-refractivity contribution is -0.124. The third kappa shape index (κ3) is 21.6. The predicted octanol–water partition coefficient (Wildman–Crippen LogP) is -7.34. The number of hydrogen-bond donors (Lipinski definition) is 20. The van der Waals surface area contributed by atoms with Gasteiger partial charge in [-0.25, -0.2) is 72.1 Å². The van der Waals surface area contributed by atoms with Gasteiger partial charge in [0.25, 0.3) is 5.56 Å². The molecule has 26 N–H and O–H groups in total. The van der Waals surface area contributed by atoms with E-state index in [1.54, 1.807) is 43.3 Å². The Bertz CT molecular complexity index is 6710. The first-order valence-electron chi connectivity index (χ1n) is 40.9. The van der Waals surface area contributed by atoms with Crippen LogP contribution in [0.25, 0.3) is 33.5 Å². The Morgan fingerprint density at radius 3 is 1.19 bits per heavy atom. The zero-order chi connectivity index (χ0) is 99.7. The Morgan fingerprint density at radius 2 is 0.799 bits per heavy atom. The molecule has 6 fully saturated rings. The minimum atomic E-state index is -6.02. The molecular weight excluding hydrogens is 1970 g/mol. The number of fused-ring (bicyclic) bond motifs is 3. The molecule has 30 atom stereocenters. The van der Waals surface area contributed by atoms with Crippen LogP contribution in [0.5, 0.6) is 5.75 Å². The highest BCUT2D eigenvalue weighted by molar-refractivity contribution is 7.48. The highest BCUT2D eigenvalue weighted by Crippen LogP contribution is 2.57. The lowest BCUT2D eigenvalue weighted by Crippen LogP contribution is -2.53. The third-order valence-electron chi connectivity index (χ3n) is 22.4. The van der Waals surface area contributed by atoms with Crippen LogP contribution in [0.4, 0.5) is 35.0 Å². The average molecular weight is 2060 g/mol. The van der Waals surface area contributed by atoms with Gasteiger partial charge in [0.1, 0.15) is 145 Å². The Labute approximate surface area is 774 Å². The van der Waals surface area contributed by atoms with Gasteiger partial charge in [-0.2, -0.15) is 19.9 Å². The van der Waals surface area contributed by atoms with E-state index in [2.05, 4.69) is 65.1 Å². The Morgan fingerprint density at radius 1 is 0.453 bits per heavy atom. The molecule has 1 amide bonds. The maximum atomic E-state index is 14.6. The molecule has 65 nitrogen and oxygen atoms in total. The summed E-state index contributed by atoms with van der Waals surface area (Å²) in [5.41, 5.74) is 30.9. The van der Waals surface area contributed by atoms with Crippen molar-refractivity contribution in [3.05, 3.63) is 140 Å². The van der Waals surface area contributed by atoms with E-state index in [9.17, 15) is 107 Å². The summed E-state index contributed by atoms with van der Waals surface area (Å²) >= 11 is 0. The Kier molecular flexibility index (Phi) is 29.5. The zero-order valence-corrected chi connectivity index (χ0v) is 76.2. The molecule has 6 aliphatic rings. The number of hydrogen-bond acceptors (Lipinski definition) is 52. The fourth-order valence-corrected chi connectivity index (χ4v) is 20.7. The van der Waals surface area contributed by atoms with Crippen molar-refractivity contribution >= 4 is 114 Å². The average Bonchev–Trinajstić information content (AvgIpc) is 1.61. The second-order valence-corrected chi connectivity index (χ2v) is 38.8. The van der Waals surface area contributed by atoms with Crippen molar-refractivity contribution in [1.82, 2.24) is 92.5 Å². The van der Waals surface area contributed by atoms with E-state index < -0.39 is 266 Å². The van der Waals surface area contributed by atoms with E-state index >= 15 is 0 Å². The molecule has 5 unspecified atom stereocenters. The minimum Gasteiger partial charge on any atom is -0.497 e. The van der Waals surface area contributed by atoms with Crippen LogP contribution in [0, 0.1) is 0 Å². The van der Waals surface area contributed by atoms with Gasteiger partial charge < -0.3 is 138 Å². The summed E-state index contributed by atoms with van der Waals surface area (Å²) in [5, 5.41) is 84.5. The number of amides is 1. The number of imidazole rings is 3. The van der Waals surface area contributed by atoms with E-state index in [1.807, 2.05) is 0 Å². The van der Waals surface area contributed by atoms with Crippen molar-refractivity contribution in [1.29, 1.82) is 0 Å². The van der Waals surface area contributed by atoms with Crippen LogP contribution in [0.2, 0.25) is 0 Å². The van der Waals surface area contributed by atoms with Crippen molar-refractivity contribution in [3.63, 3.8) is 0 Å². The molecule has 0 aliphatic carbocycles. The van der Waals surface area contributed by atoms with Gasteiger partial charge in [-0.15, -0.1) is 0 Å². The summed E-state index contributed by atoms with van der Waals surface area (Å²) in [7, 11) is -24.6. The molecule has 0 radical (unpaired) electrons. The molecule has 754 valence electrons. The molecule has 15 heterocycles. The molecule has 6 aliphatic heterocycles. The van der Waals surface area contributed by atoms with E-state index in [1.165, 1.54) is 24.3 Å². The first kappa shape index (κ1) is 101. The van der Waals surface area contributed by atoms with Crippen LogP contribution in [0.3, 0.4) is 0 Å². The molecule has 70 heteroatoms. The number of nitrogens with one attached hydrogen (secondary N) is 2. The third-order valence-corrected chi connectivity index (χ3v) is 27.4. The SMILES string of the molecule is COc1ccc(C[C@H](N)C(=O)N[C@H]2[C@@H](O)[C@H](n3cnc4c(N(C)C)ncnc43)O[C@@H]2COP(=O)(O)O[C@H]2[C@@H](O)[C@H](n3ccc(N)nc3=O)O[C@@H]2COP(=O)(O)O[C@H]2[C@@H](O)[C@H](n3ccc(N)nc3=O)O[C@@H]2COP(=O)(O)O[C@H]2[C@@H](O)[C@H](n3cnc4c(N)ncnc43)O[C@@H]2COP(=O)(O)O[C@H]2[C@@H](O)[C@H](n3ccc(N)nc3=O)O[C@@H]2COP(=O)(O)O[C@H]2[C@@H](O)[C@H](n3cnc4c(=O)[nH]c(N)nc43)O[C@@H]2CO)cc1. The predicted molar refractivity (Wildman–Crippen MR) is 457 cm³/mol. The number of nitrogens with two attached hydrogens (primary N) is 6. The number of aromatic amines is 1. The number of methoxy groups -OCH3 is 1. The number of H-pyrrole nitrogens is 1. The fraction of sp³-hybridized carbons (Fsp3) is 0.507. The number of nitrogens with zero attached hydrogens (tertiary/aromatic N) is 18. The Hall–Kier alpha value is -10.6. The number of aliphatic hydroxyl groups excluding tert-OH is 7. The standard InChI is InChI=1S/C69H89N26O39P5/c1-89(2)54-40-56(79-22-77-54)94(24-81-40)60-42(97)38(86-58(103)28(70)14-26-4-6-27(118-3)7-5-26)30(125-60)16-119-135(108,109)131-49-32(127-61(44(49)99)90-11-8-35(71)83-67(90)105)18-121-137(112,113)132-51-33(128-63(46(51)101)92-13-10-37(73)85-69(92)107)19-122-139(116,117)134-52-34(129-64(47(52)102)93-23-80-39-53(74)76-21-78-55(39)93)20-123-138(114,115)133-50-31(126-62(45(50)100)91-12-9-36(72)84-68(91)106)17-120-136(110,111)130-48-29(15-96)124-65(43(48)98)95-25-82-41-57(95)87-66(75)88-59(41)104/h4-13,21-25,28-34,38,42-52,60-65,96-102H,14-20,70H2,1-3H3,(H,86,103)(H,108,109)(H,110,111)(H,112,113)(H,114,115)(H,116,117)(H2,71,83,105)(H2,72,84,106)(H2,73,85,107)(H2,74,76,78)(H3,75,87,88,104)/t28-,29+,30+,31+,32+,33+,34+,38+,42+,43+,44+,45+,46+,47+,48+,49+,50+,51+,52+,60+,61+,62+,63+,64+,65+/m0/s1. The quantitative estimate of drug-likeness (QED) is 0.0160. The van der Waals surface area contributed by atoms with Gasteiger partial charge in [0, 0.05) is 32.7 Å². The van der Waals surface area contributed by atoms with E-state index in [0.29, 0.717) is 30.8 Å². The van der Waals surface area contributed by atoms with E-state index in [0.717, 1.165) is 64.9 Å². The number of nitrogen functional groups attached to an aromatic ring is 5. The summed E-state index contributed by atoms with van der Waals surface area (Å²) in [6.45, 7) is -7.70. The number of carbonyl (C=O) groups is 1. The van der Waals surface area contributed by atoms with Crippen LogP contribution in [-0.4, -0.2) is 330 Å². The van der Waals surface area contributed by atoms with Crippen molar-refractivity contribution in [2.45, 2.75) is 160 Å². The summed E-state index contributed by atoms with van der Waals surface area (Å²) in [4.78, 5) is 172. The molecule has 139 heavy (non-hydrogen) atoms. The smallest absolute Gasteiger partial charge is 0.472 e. The number of anilines is 6. The second-order valence-electron chi connectivity index (χ2n) is 31.8. The first-order valence-corrected chi connectivity index (χ1v) is 48.4. The van der Waals surface area contributed by atoms with E-state index in [-0.39, 0.29) is 63.2 Å². The van der Waals surface area contributed by atoms with Gasteiger partial charge in [0.15, 0.2) is 77.0 Å². The number of carbonyl (C=O) groups excluding carboxylic acids is 1. The normalized spacial score (nSPS) is 30.6.